The predicted molar refractivity (Wildman–Crippen MR) is 71.1 cm³/mol. The monoisotopic (exact) mass is 275 g/mol. The lowest BCUT2D eigenvalue weighted by molar-refractivity contribution is 0.102. The number of carbonyl (C=O) groups excluding carboxylic acids is 1. The fourth-order valence-electron chi connectivity index (χ4n) is 1.40. The van der Waals surface area contributed by atoms with Gasteiger partial charge >= 0.3 is 0 Å². The van der Waals surface area contributed by atoms with Crippen LogP contribution < -0.4 is 0 Å². The van der Waals surface area contributed by atoms with Crippen molar-refractivity contribution >= 4 is 27.9 Å². The Kier molecular flexibility index (Phi) is 4.03. The van der Waals surface area contributed by atoms with Crippen LogP contribution in [0.1, 0.15) is 15.9 Å². The third-order valence-electron chi connectivity index (χ3n) is 2.32. The first-order valence-corrected chi connectivity index (χ1v) is 7.36. The van der Waals surface area contributed by atoms with Gasteiger partial charge in [-0.2, -0.15) is 5.26 Å². The molecule has 2 aromatic rings. The molecule has 0 aliphatic heterocycles. The third-order valence-corrected chi connectivity index (χ3v) is 4.93. The summed E-state index contributed by atoms with van der Waals surface area (Å²) in [6.45, 7) is 0. The van der Waals surface area contributed by atoms with E-state index >= 15 is 0 Å². The summed E-state index contributed by atoms with van der Waals surface area (Å²) in [7, 11) is -1.29. The summed E-state index contributed by atoms with van der Waals surface area (Å²) in [5, 5.41) is 10.5. The Morgan fingerprint density at radius 3 is 2.56 bits per heavy atom. The first-order valence-electron chi connectivity index (χ1n) is 5.16. The van der Waals surface area contributed by atoms with E-state index in [0.29, 0.717) is 15.3 Å². The molecule has 0 aliphatic rings. The van der Waals surface area contributed by atoms with Crippen LogP contribution in [0.4, 0.5) is 0 Å². The number of hydrogen-bond donors (Lipinski definition) is 0. The normalized spacial score (nSPS) is 11.7. The largest absolute Gasteiger partial charge is 0.293 e. The Bertz CT molecular complexity index is 609. The van der Waals surface area contributed by atoms with Gasteiger partial charge in [-0.25, -0.2) is 0 Å². The first-order chi connectivity index (χ1) is 8.70. The molecule has 0 saturated carbocycles. The van der Waals surface area contributed by atoms with Gasteiger partial charge in [0.1, 0.15) is 0 Å². The van der Waals surface area contributed by atoms with Crippen molar-refractivity contribution in [3.05, 3.63) is 52.9 Å². The summed E-state index contributed by atoms with van der Waals surface area (Å²) in [4.78, 5) is 11.9. The molecule has 18 heavy (non-hydrogen) atoms. The molecule has 0 N–H and O–H groups in total. The van der Waals surface area contributed by atoms with E-state index < -0.39 is 10.8 Å². The van der Waals surface area contributed by atoms with Crippen LogP contribution in [0.25, 0.3) is 0 Å². The number of carbonyl (C=O) groups is 1. The van der Waals surface area contributed by atoms with E-state index in [4.69, 9.17) is 5.26 Å². The molecule has 0 saturated heterocycles. The van der Waals surface area contributed by atoms with E-state index in [-0.39, 0.29) is 11.5 Å². The van der Waals surface area contributed by atoms with Crippen LogP contribution in [0.5, 0.6) is 0 Å². The number of benzene rings is 1. The number of hydrogen-bond acceptors (Lipinski definition) is 4. The van der Waals surface area contributed by atoms with Gasteiger partial charge in [-0.15, -0.1) is 11.3 Å². The number of nitrogens with zero attached hydrogens (tertiary/aromatic N) is 1. The second kappa shape index (κ2) is 5.71. The van der Waals surface area contributed by atoms with Crippen molar-refractivity contribution in [2.45, 2.75) is 4.21 Å². The lowest BCUT2D eigenvalue weighted by Gasteiger charge is -2.00. The number of thiophene rings is 1. The summed E-state index contributed by atoms with van der Waals surface area (Å²) >= 11 is 1.38. The maximum Gasteiger partial charge on any atom is 0.175 e. The Labute approximate surface area is 111 Å². The zero-order valence-electron chi connectivity index (χ0n) is 9.33. The average molecular weight is 275 g/mol. The van der Waals surface area contributed by atoms with E-state index in [1.165, 1.54) is 11.3 Å². The minimum Gasteiger partial charge on any atom is -0.293 e. The van der Waals surface area contributed by atoms with Crippen molar-refractivity contribution in [3.63, 3.8) is 0 Å². The van der Waals surface area contributed by atoms with Gasteiger partial charge in [0.2, 0.25) is 0 Å². The number of ketones is 1. The highest BCUT2D eigenvalue weighted by atomic mass is 32.2. The van der Waals surface area contributed by atoms with Gasteiger partial charge in [-0.3, -0.25) is 9.00 Å². The molecule has 0 radical (unpaired) electrons. The number of rotatable bonds is 4. The molecule has 0 amide bonds. The number of Topliss-reactive ketones (excluding diaryl/α,β-unsaturated/α-hetero) is 1. The van der Waals surface area contributed by atoms with E-state index in [1.807, 2.05) is 17.5 Å². The molecule has 0 fully saturated rings. The highest BCUT2D eigenvalue weighted by molar-refractivity contribution is 7.88. The van der Waals surface area contributed by atoms with Gasteiger partial charge in [-0.1, -0.05) is 18.2 Å². The van der Waals surface area contributed by atoms with E-state index in [0.717, 1.165) is 0 Å². The molecule has 0 aliphatic carbocycles. The molecule has 5 heteroatoms. The van der Waals surface area contributed by atoms with E-state index in [2.05, 4.69) is 0 Å². The SMILES string of the molecule is N#Cc1ccc(C(=O)CS(=O)c2cccs2)cc1. The summed E-state index contributed by atoms with van der Waals surface area (Å²) in [6, 6.07) is 11.9. The zero-order valence-corrected chi connectivity index (χ0v) is 11.0. The Morgan fingerprint density at radius 1 is 1.28 bits per heavy atom. The molecule has 0 spiro atoms. The van der Waals surface area contributed by atoms with Gasteiger partial charge in [0, 0.05) is 5.56 Å². The molecule has 1 heterocycles. The second-order valence-corrected chi connectivity index (χ2v) is 6.16. The molecular formula is C13H9NO2S2. The molecule has 3 nitrogen and oxygen atoms in total. The standard InChI is InChI=1S/C13H9NO2S2/c14-8-10-3-5-11(6-4-10)12(15)9-18(16)13-2-1-7-17-13/h1-7H,9H2. The summed E-state index contributed by atoms with van der Waals surface area (Å²) in [5.41, 5.74) is 0.991. The second-order valence-electron chi connectivity index (χ2n) is 3.53. The Hall–Kier alpha value is -1.77. The van der Waals surface area contributed by atoms with Crippen molar-refractivity contribution in [2.75, 3.05) is 5.75 Å². The van der Waals surface area contributed by atoms with Gasteiger partial charge in [-0.05, 0) is 23.6 Å². The molecule has 1 atom stereocenters. The minimum atomic E-state index is -1.29. The van der Waals surface area contributed by atoms with E-state index in [9.17, 15) is 9.00 Å². The van der Waals surface area contributed by atoms with E-state index in [1.54, 1.807) is 30.3 Å². The van der Waals surface area contributed by atoms with Crippen LogP contribution in [0.15, 0.2) is 46.0 Å². The van der Waals surface area contributed by atoms with Gasteiger partial charge < -0.3 is 0 Å². The van der Waals surface area contributed by atoms with Gasteiger partial charge in [0.15, 0.2) is 5.78 Å². The van der Waals surface area contributed by atoms with Crippen molar-refractivity contribution in [1.82, 2.24) is 0 Å². The van der Waals surface area contributed by atoms with Crippen LogP contribution in [0.2, 0.25) is 0 Å². The van der Waals surface area contributed by atoms with Crippen LogP contribution in [0, 0.1) is 11.3 Å². The van der Waals surface area contributed by atoms with Crippen LogP contribution in [-0.4, -0.2) is 15.7 Å². The van der Waals surface area contributed by atoms with Crippen molar-refractivity contribution in [3.8, 4) is 6.07 Å². The molecule has 1 aromatic carbocycles. The van der Waals surface area contributed by atoms with Crippen molar-refractivity contribution < 1.29 is 9.00 Å². The highest BCUT2D eigenvalue weighted by Crippen LogP contribution is 2.15. The van der Waals surface area contributed by atoms with Gasteiger partial charge in [0.05, 0.1) is 32.4 Å². The number of nitriles is 1. The Balaban J connectivity index is 2.08. The molecule has 1 aromatic heterocycles. The molecule has 90 valence electrons. The first kappa shape index (κ1) is 12.7. The highest BCUT2D eigenvalue weighted by Gasteiger charge is 2.12. The Morgan fingerprint density at radius 2 is 2.00 bits per heavy atom. The quantitative estimate of drug-likeness (QED) is 0.806. The van der Waals surface area contributed by atoms with Gasteiger partial charge in [0.25, 0.3) is 0 Å². The minimum absolute atomic E-state index is 0.0214. The van der Waals surface area contributed by atoms with Crippen molar-refractivity contribution in [1.29, 1.82) is 5.26 Å². The fraction of sp³-hybridized carbons (Fsp3) is 0.0769. The third kappa shape index (κ3) is 2.92. The maximum absolute atomic E-state index is 11.9. The lowest BCUT2D eigenvalue weighted by atomic mass is 10.1. The summed E-state index contributed by atoms with van der Waals surface area (Å²) in [5.74, 6) is -0.196. The molecule has 1 unspecified atom stereocenters. The predicted octanol–water partition coefficient (Wildman–Crippen LogP) is 2.61. The van der Waals surface area contributed by atoms with Crippen LogP contribution in [-0.2, 0) is 10.8 Å². The molecular weight excluding hydrogens is 266 g/mol. The smallest absolute Gasteiger partial charge is 0.175 e. The fourth-order valence-corrected chi connectivity index (χ4v) is 3.40. The van der Waals surface area contributed by atoms with Crippen molar-refractivity contribution in [2.24, 2.45) is 0 Å². The molecule has 0 bridgehead atoms. The summed E-state index contributed by atoms with van der Waals surface area (Å²) in [6.07, 6.45) is 0. The zero-order chi connectivity index (χ0) is 13.0. The summed E-state index contributed by atoms with van der Waals surface area (Å²) < 4.78 is 12.6. The lowest BCUT2D eigenvalue weighted by Crippen LogP contribution is -2.10. The van der Waals surface area contributed by atoms with Crippen LogP contribution >= 0.6 is 11.3 Å². The van der Waals surface area contributed by atoms with Crippen LogP contribution in [0.3, 0.4) is 0 Å². The average Bonchev–Trinajstić information content (AvgIpc) is 2.92. The maximum atomic E-state index is 11.9. The molecule has 2 rings (SSSR count). The topological polar surface area (TPSA) is 57.9 Å².